The standard InChI is InChI=1S/C20H23N3O7S2/c1-32(28,29)21-9-8-15-5-7-19(31-15)18(24)13-30-20(25)16-12-14(23(26)27)4-6-17(16)22-10-2-3-11-22/h4-7,12,21H,2-3,8-11,13H2,1H3. The predicted octanol–water partition coefficient (Wildman–Crippen LogP) is 2.39. The van der Waals surface area contributed by atoms with E-state index in [-0.39, 0.29) is 17.8 Å². The second-order valence-corrected chi connectivity index (χ2v) is 10.3. The van der Waals surface area contributed by atoms with Gasteiger partial charge in [0.15, 0.2) is 6.61 Å². The number of anilines is 1. The second kappa shape index (κ2) is 10.2. The SMILES string of the molecule is CS(=O)(=O)NCCc1ccc(C(=O)COC(=O)c2cc([N+](=O)[O-])ccc2N2CCCC2)s1. The first-order valence-corrected chi connectivity index (χ1v) is 12.6. The Morgan fingerprint density at radius 2 is 1.94 bits per heavy atom. The summed E-state index contributed by atoms with van der Waals surface area (Å²) in [6, 6.07) is 7.38. The number of nitro groups is 1. The van der Waals surface area contributed by atoms with Crippen LogP contribution in [0, 0.1) is 10.1 Å². The molecule has 3 rings (SSSR count). The molecule has 172 valence electrons. The third kappa shape index (κ3) is 6.34. The van der Waals surface area contributed by atoms with Crippen LogP contribution < -0.4 is 9.62 Å². The molecule has 1 saturated heterocycles. The molecule has 0 spiro atoms. The average molecular weight is 482 g/mol. The van der Waals surface area contributed by atoms with Crippen LogP contribution in [0.5, 0.6) is 0 Å². The lowest BCUT2D eigenvalue weighted by atomic mass is 10.1. The van der Waals surface area contributed by atoms with Crippen molar-refractivity contribution in [1.29, 1.82) is 0 Å². The van der Waals surface area contributed by atoms with Crippen molar-refractivity contribution in [2.75, 3.05) is 37.4 Å². The van der Waals surface area contributed by atoms with Crippen molar-refractivity contribution in [2.24, 2.45) is 0 Å². The maximum atomic E-state index is 12.7. The maximum absolute atomic E-state index is 12.7. The first-order valence-electron chi connectivity index (χ1n) is 9.91. The van der Waals surface area contributed by atoms with Gasteiger partial charge in [0, 0.05) is 36.6 Å². The summed E-state index contributed by atoms with van der Waals surface area (Å²) >= 11 is 1.20. The summed E-state index contributed by atoms with van der Waals surface area (Å²) in [5, 5.41) is 11.1. The van der Waals surface area contributed by atoms with Crippen molar-refractivity contribution in [1.82, 2.24) is 4.72 Å². The minimum absolute atomic E-state index is 0.0626. The smallest absolute Gasteiger partial charge is 0.340 e. The average Bonchev–Trinajstić information content (AvgIpc) is 3.42. The fraction of sp³-hybridized carbons (Fsp3) is 0.400. The lowest BCUT2D eigenvalue weighted by Crippen LogP contribution is -2.24. The largest absolute Gasteiger partial charge is 0.454 e. The van der Waals surface area contributed by atoms with E-state index in [9.17, 15) is 28.1 Å². The van der Waals surface area contributed by atoms with Gasteiger partial charge in [-0.1, -0.05) is 0 Å². The van der Waals surface area contributed by atoms with E-state index in [2.05, 4.69) is 4.72 Å². The number of ether oxygens (including phenoxy) is 1. The van der Waals surface area contributed by atoms with E-state index in [1.807, 2.05) is 4.90 Å². The van der Waals surface area contributed by atoms with Gasteiger partial charge in [-0.3, -0.25) is 14.9 Å². The van der Waals surface area contributed by atoms with Crippen molar-refractivity contribution in [3.63, 3.8) is 0 Å². The minimum Gasteiger partial charge on any atom is -0.454 e. The number of non-ortho nitro benzene ring substituents is 1. The van der Waals surface area contributed by atoms with E-state index < -0.39 is 33.3 Å². The molecule has 0 aliphatic carbocycles. The van der Waals surface area contributed by atoms with Crippen molar-refractivity contribution in [3.05, 3.63) is 55.8 Å². The molecular weight excluding hydrogens is 458 g/mol. The van der Waals surface area contributed by atoms with Gasteiger partial charge in [-0.15, -0.1) is 11.3 Å². The lowest BCUT2D eigenvalue weighted by Gasteiger charge is -2.20. The maximum Gasteiger partial charge on any atom is 0.340 e. The summed E-state index contributed by atoms with van der Waals surface area (Å²) in [7, 11) is -3.28. The zero-order chi connectivity index (χ0) is 23.3. The molecule has 0 atom stereocenters. The summed E-state index contributed by atoms with van der Waals surface area (Å²) in [6.45, 7) is 1.20. The number of carbonyl (C=O) groups excluding carboxylic acids is 2. The van der Waals surface area contributed by atoms with Crippen molar-refractivity contribution < 1.29 is 27.7 Å². The fourth-order valence-electron chi connectivity index (χ4n) is 3.34. The molecule has 0 radical (unpaired) electrons. The number of nitrogens with one attached hydrogen (secondary N) is 1. The van der Waals surface area contributed by atoms with Crippen LogP contribution in [0.15, 0.2) is 30.3 Å². The van der Waals surface area contributed by atoms with E-state index >= 15 is 0 Å². The Morgan fingerprint density at radius 1 is 1.22 bits per heavy atom. The van der Waals surface area contributed by atoms with Gasteiger partial charge in [0.2, 0.25) is 15.8 Å². The molecule has 1 aromatic carbocycles. The molecule has 0 saturated carbocycles. The van der Waals surface area contributed by atoms with Gasteiger partial charge < -0.3 is 9.64 Å². The number of thiophene rings is 1. The minimum atomic E-state index is -3.28. The van der Waals surface area contributed by atoms with Gasteiger partial charge in [0.25, 0.3) is 5.69 Å². The first-order chi connectivity index (χ1) is 15.1. The molecule has 32 heavy (non-hydrogen) atoms. The van der Waals surface area contributed by atoms with Crippen LogP contribution in [0.1, 0.15) is 37.7 Å². The lowest BCUT2D eigenvalue weighted by molar-refractivity contribution is -0.384. The third-order valence-corrected chi connectivity index (χ3v) is 6.78. The van der Waals surface area contributed by atoms with Crippen molar-refractivity contribution >= 4 is 44.5 Å². The Balaban J connectivity index is 1.64. The topological polar surface area (TPSA) is 136 Å². The van der Waals surface area contributed by atoms with E-state index in [4.69, 9.17) is 4.74 Å². The summed E-state index contributed by atoms with van der Waals surface area (Å²) in [6.07, 6.45) is 3.42. The molecule has 1 N–H and O–H groups in total. The molecule has 0 amide bonds. The Bertz CT molecular complexity index is 1120. The number of ketones is 1. The van der Waals surface area contributed by atoms with Crippen LogP contribution in [0.4, 0.5) is 11.4 Å². The number of carbonyl (C=O) groups is 2. The highest BCUT2D eigenvalue weighted by molar-refractivity contribution is 7.88. The normalized spacial score (nSPS) is 13.8. The van der Waals surface area contributed by atoms with Gasteiger partial charge in [-0.2, -0.15) is 0 Å². The van der Waals surface area contributed by atoms with Crippen LogP contribution in [0.3, 0.4) is 0 Å². The predicted molar refractivity (Wildman–Crippen MR) is 120 cm³/mol. The highest BCUT2D eigenvalue weighted by Crippen LogP contribution is 2.29. The molecule has 1 aliphatic rings. The molecule has 2 aromatic rings. The molecule has 12 heteroatoms. The third-order valence-electron chi connectivity index (χ3n) is 4.86. The summed E-state index contributed by atoms with van der Waals surface area (Å²) < 4.78 is 29.8. The van der Waals surface area contributed by atoms with Crippen LogP contribution in [-0.2, 0) is 21.2 Å². The number of benzene rings is 1. The number of nitrogens with zero attached hydrogens (tertiary/aromatic N) is 2. The van der Waals surface area contributed by atoms with Gasteiger partial charge >= 0.3 is 5.97 Å². The molecule has 0 unspecified atom stereocenters. The molecule has 2 heterocycles. The molecule has 1 aliphatic heterocycles. The molecule has 1 aromatic heterocycles. The van der Waals surface area contributed by atoms with Gasteiger partial charge in [-0.05, 0) is 37.5 Å². The van der Waals surface area contributed by atoms with Gasteiger partial charge in [0.05, 0.1) is 27.3 Å². The number of Topliss-reactive ketones (excluding diaryl/α,β-unsaturated/α-hetero) is 1. The zero-order valence-corrected chi connectivity index (χ0v) is 19.0. The molecular formula is C20H23N3O7S2. The number of hydrogen-bond donors (Lipinski definition) is 1. The Hall–Kier alpha value is -2.83. The van der Waals surface area contributed by atoms with E-state index in [1.54, 1.807) is 12.1 Å². The Labute approximate surface area is 189 Å². The van der Waals surface area contributed by atoms with Gasteiger partial charge in [-0.25, -0.2) is 17.9 Å². The molecule has 0 bridgehead atoms. The number of nitro benzene ring substituents is 1. The van der Waals surface area contributed by atoms with Crippen LogP contribution in [0.25, 0.3) is 0 Å². The number of hydrogen-bond acceptors (Lipinski definition) is 9. The van der Waals surface area contributed by atoms with E-state index in [0.29, 0.717) is 17.0 Å². The van der Waals surface area contributed by atoms with Crippen LogP contribution in [0.2, 0.25) is 0 Å². The first kappa shape index (κ1) is 23.8. The summed E-state index contributed by atoms with van der Waals surface area (Å²) in [4.78, 5) is 38.9. The van der Waals surface area contributed by atoms with E-state index in [1.165, 1.54) is 29.5 Å². The van der Waals surface area contributed by atoms with Gasteiger partial charge in [0.1, 0.15) is 0 Å². The quantitative estimate of drug-likeness (QED) is 0.236. The Morgan fingerprint density at radius 3 is 2.59 bits per heavy atom. The van der Waals surface area contributed by atoms with Crippen LogP contribution in [-0.4, -0.2) is 57.6 Å². The zero-order valence-electron chi connectivity index (χ0n) is 17.4. The van der Waals surface area contributed by atoms with Crippen molar-refractivity contribution in [3.8, 4) is 0 Å². The molecule has 1 fully saturated rings. The Kier molecular flexibility index (Phi) is 7.59. The highest BCUT2D eigenvalue weighted by atomic mass is 32.2. The number of rotatable bonds is 10. The second-order valence-electron chi connectivity index (χ2n) is 7.33. The van der Waals surface area contributed by atoms with Crippen LogP contribution >= 0.6 is 11.3 Å². The molecule has 10 nitrogen and oxygen atoms in total. The summed E-state index contributed by atoms with van der Waals surface area (Å²) in [5.74, 6) is -1.20. The summed E-state index contributed by atoms with van der Waals surface area (Å²) in [5.41, 5.74) is 0.395. The van der Waals surface area contributed by atoms with Crippen molar-refractivity contribution in [2.45, 2.75) is 19.3 Å². The monoisotopic (exact) mass is 481 g/mol. The highest BCUT2D eigenvalue weighted by Gasteiger charge is 2.24. The van der Waals surface area contributed by atoms with E-state index in [0.717, 1.165) is 37.1 Å². The number of sulfonamides is 1. The number of esters is 1. The fourth-order valence-corrected chi connectivity index (χ4v) is 4.74.